The minimum Gasteiger partial charge on any atom is -0.406 e. The van der Waals surface area contributed by atoms with E-state index in [-0.39, 0.29) is 5.75 Å². The van der Waals surface area contributed by atoms with Crippen LogP contribution in [0.4, 0.5) is 24.7 Å². The minimum atomic E-state index is -4.71. The summed E-state index contributed by atoms with van der Waals surface area (Å²) in [6.07, 6.45) is -0.129. The van der Waals surface area contributed by atoms with Crippen molar-refractivity contribution in [1.82, 2.24) is 9.97 Å². The van der Waals surface area contributed by atoms with Gasteiger partial charge in [0.1, 0.15) is 11.6 Å². The van der Waals surface area contributed by atoms with E-state index < -0.39 is 6.36 Å². The van der Waals surface area contributed by atoms with E-state index >= 15 is 0 Å². The lowest BCUT2D eigenvalue weighted by atomic mass is 10.3. The molecular weight excluding hydrogens is 295 g/mol. The number of aromatic nitrogens is 2. The third kappa shape index (κ3) is 4.08. The molecule has 0 aliphatic carbocycles. The van der Waals surface area contributed by atoms with Crippen molar-refractivity contribution in [1.29, 1.82) is 0 Å². The second kappa shape index (κ2) is 6.30. The molecule has 0 aliphatic heterocycles. The van der Waals surface area contributed by atoms with Gasteiger partial charge in [0.2, 0.25) is 0 Å². The molecule has 2 aromatic rings. The number of rotatable bonds is 5. The van der Waals surface area contributed by atoms with Gasteiger partial charge in [0, 0.05) is 5.69 Å². The quantitative estimate of drug-likeness (QED) is 0.889. The van der Waals surface area contributed by atoms with E-state index in [1.807, 2.05) is 0 Å². The van der Waals surface area contributed by atoms with Gasteiger partial charge in [-0.3, -0.25) is 4.98 Å². The van der Waals surface area contributed by atoms with Crippen LogP contribution in [-0.4, -0.2) is 16.3 Å². The van der Waals surface area contributed by atoms with E-state index in [9.17, 15) is 13.2 Å². The molecule has 7 heteroatoms. The number of nitrogens with zero attached hydrogens (tertiary/aromatic N) is 2. The van der Waals surface area contributed by atoms with Gasteiger partial charge in [-0.15, -0.1) is 13.2 Å². The van der Waals surface area contributed by atoms with Crippen molar-refractivity contribution in [2.45, 2.75) is 6.36 Å². The van der Waals surface area contributed by atoms with Gasteiger partial charge in [-0.1, -0.05) is 13.2 Å². The predicted molar refractivity (Wildman–Crippen MR) is 78.6 cm³/mol. The highest BCUT2D eigenvalue weighted by molar-refractivity contribution is 5.62. The summed E-state index contributed by atoms with van der Waals surface area (Å²) >= 11 is 0. The molecule has 1 N–H and O–H groups in total. The van der Waals surface area contributed by atoms with E-state index in [0.29, 0.717) is 22.9 Å². The molecular formula is C15H12F3N3O. The Morgan fingerprint density at radius 1 is 1.05 bits per heavy atom. The molecule has 0 aliphatic rings. The Hall–Kier alpha value is -2.83. The molecule has 0 saturated heterocycles. The number of hydrogen-bond donors (Lipinski definition) is 1. The highest BCUT2D eigenvalue weighted by Crippen LogP contribution is 2.25. The second-order valence-electron chi connectivity index (χ2n) is 4.13. The first-order valence-corrected chi connectivity index (χ1v) is 6.16. The molecule has 22 heavy (non-hydrogen) atoms. The second-order valence-corrected chi connectivity index (χ2v) is 4.13. The van der Waals surface area contributed by atoms with Crippen molar-refractivity contribution in [2.75, 3.05) is 5.32 Å². The summed E-state index contributed by atoms with van der Waals surface area (Å²) in [5.41, 5.74) is 1.69. The molecule has 0 atom stereocenters. The van der Waals surface area contributed by atoms with Gasteiger partial charge in [-0.25, -0.2) is 4.98 Å². The van der Waals surface area contributed by atoms with E-state index in [4.69, 9.17) is 0 Å². The number of ether oxygens (including phenoxy) is 1. The smallest absolute Gasteiger partial charge is 0.406 e. The lowest BCUT2D eigenvalue weighted by Crippen LogP contribution is -2.16. The number of benzene rings is 1. The van der Waals surface area contributed by atoms with Gasteiger partial charge in [0.15, 0.2) is 0 Å². The number of anilines is 2. The average Bonchev–Trinajstić information content (AvgIpc) is 2.47. The van der Waals surface area contributed by atoms with Gasteiger partial charge in [0.05, 0.1) is 17.6 Å². The van der Waals surface area contributed by atoms with Crippen LogP contribution in [0.1, 0.15) is 11.4 Å². The third-order valence-electron chi connectivity index (χ3n) is 2.58. The Bertz CT molecular complexity index is 681. The van der Waals surface area contributed by atoms with Crippen LogP contribution in [-0.2, 0) is 0 Å². The maximum Gasteiger partial charge on any atom is 0.573 e. The normalized spacial score (nSPS) is 10.9. The summed E-state index contributed by atoms with van der Waals surface area (Å²) in [6, 6.07) is 5.29. The van der Waals surface area contributed by atoms with E-state index in [1.165, 1.54) is 36.5 Å². The Morgan fingerprint density at radius 2 is 1.68 bits per heavy atom. The van der Waals surface area contributed by atoms with Crippen molar-refractivity contribution in [3.8, 4) is 5.75 Å². The minimum absolute atomic E-state index is 0.294. The van der Waals surface area contributed by atoms with Gasteiger partial charge < -0.3 is 10.1 Å². The van der Waals surface area contributed by atoms with Crippen LogP contribution in [0.3, 0.4) is 0 Å². The van der Waals surface area contributed by atoms with Crippen LogP contribution >= 0.6 is 0 Å². The average molecular weight is 307 g/mol. The fourth-order valence-electron chi connectivity index (χ4n) is 1.67. The van der Waals surface area contributed by atoms with Crippen molar-refractivity contribution >= 4 is 23.7 Å². The summed E-state index contributed by atoms with van der Waals surface area (Å²) in [5, 5.41) is 2.93. The summed E-state index contributed by atoms with van der Waals surface area (Å²) in [7, 11) is 0. The van der Waals surface area contributed by atoms with Crippen molar-refractivity contribution in [3.05, 3.63) is 55.0 Å². The highest BCUT2D eigenvalue weighted by atomic mass is 19.4. The Balaban J connectivity index is 2.14. The van der Waals surface area contributed by atoms with Crippen molar-refractivity contribution < 1.29 is 17.9 Å². The first kappa shape index (κ1) is 15.6. The maximum atomic E-state index is 12.1. The summed E-state index contributed by atoms with van der Waals surface area (Å²) in [6.45, 7) is 7.25. The van der Waals surface area contributed by atoms with E-state index in [2.05, 4.69) is 33.2 Å². The standard InChI is InChI=1S/C15H12F3N3O/c1-3-12-13(4-2)21-14(9-19-12)20-10-5-7-11(8-6-10)22-15(16,17)18/h3-9H,1-2H2,(H,20,21). The van der Waals surface area contributed by atoms with Crippen molar-refractivity contribution in [3.63, 3.8) is 0 Å². The molecule has 0 saturated carbocycles. The molecule has 0 bridgehead atoms. The third-order valence-corrected chi connectivity index (χ3v) is 2.58. The van der Waals surface area contributed by atoms with Gasteiger partial charge in [-0.2, -0.15) is 0 Å². The lowest BCUT2D eigenvalue weighted by molar-refractivity contribution is -0.274. The first-order valence-electron chi connectivity index (χ1n) is 6.16. The fraction of sp³-hybridized carbons (Fsp3) is 0.0667. The molecule has 0 fully saturated rings. The molecule has 2 rings (SSSR count). The van der Waals surface area contributed by atoms with Crippen molar-refractivity contribution in [2.24, 2.45) is 0 Å². The van der Waals surface area contributed by atoms with Gasteiger partial charge in [-0.05, 0) is 36.4 Å². The molecule has 0 radical (unpaired) electrons. The Morgan fingerprint density at radius 3 is 2.23 bits per heavy atom. The topological polar surface area (TPSA) is 47.0 Å². The molecule has 0 amide bonds. The molecule has 0 unspecified atom stereocenters. The molecule has 1 aromatic carbocycles. The summed E-state index contributed by atoms with van der Waals surface area (Å²) < 4.78 is 40.0. The SMILES string of the molecule is C=Cc1ncc(Nc2ccc(OC(F)(F)F)cc2)nc1C=C. The zero-order chi connectivity index (χ0) is 16.2. The molecule has 1 aromatic heterocycles. The Kier molecular flexibility index (Phi) is 4.45. The largest absolute Gasteiger partial charge is 0.573 e. The highest BCUT2D eigenvalue weighted by Gasteiger charge is 2.30. The molecule has 114 valence electrons. The number of hydrogen-bond acceptors (Lipinski definition) is 4. The Labute approximate surface area is 125 Å². The number of nitrogens with one attached hydrogen (secondary N) is 1. The zero-order valence-corrected chi connectivity index (χ0v) is 11.4. The van der Waals surface area contributed by atoms with Crippen LogP contribution in [0, 0.1) is 0 Å². The molecule has 4 nitrogen and oxygen atoms in total. The maximum absolute atomic E-state index is 12.1. The van der Waals surface area contributed by atoms with E-state index in [1.54, 1.807) is 6.08 Å². The summed E-state index contributed by atoms with van der Waals surface area (Å²) in [5.74, 6) is 0.142. The summed E-state index contributed by atoms with van der Waals surface area (Å²) in [4.78, 5) is 8.41. The van der Waals surface area contributed by atoms with Gasteiger partial charge in [0.25, 0.3) is 0 Å². The zero-order valence-electron chi connectivity index (χ0n) is 11.4. The van der Waals surface area contributed by atoms with Crippen LogP contribution < -0.4 is 10.1 Å². The van der Waals surface area contributed by atoms with Gasteiger partial charge >= 0.3 is 6.36 Å². The molecule has 1 heterocycles. The van der Waals surface area contributed by atoms with Crippen LogP contribution in [0.2, 0.25) is 0 Å². The lowest BCUT2D eigenvalue weighted by Gasteiger charge is -2.10. The number of alkyl halides is 3. The monoisotopic (exact) mass is 307 g/mol. The van der Waals surface area contributed by atoms with E-state index in [0.717, 1.165) is 0 Å². The van der Waals surface area contributed by atoms with Crippen LogP contribution in [0.5, 0.6) is 5.75 Å². The first-order chi connectivity index (χ1) is 10.4. The predicted octanol–water partition coefficient (Wildman–Crippen LogP) is 4.40. The number of halogens is 3. The van der Waals surface area contributed by atoms with Crippen LogP contribution in [0.15, 0.2) is 43.6 Å². The molecule has 0 spiro atoms. The van der Waals surface area contributed by atoms with Crippen LogP contribution in [0.25, 0.3) is 12.2 Å². The fourth-order valence-corrected chi connectivity index (χ4v) is 1.67.